The van der Waals surface area contributed by atoms with Crippen molar-refractivity contribution in [3.63, 3.8) is 0 Å². The molecule has 0 saturated carbocycles. The lowest BCUT2D eigenvalue weighted by atomic mass is 10.3. The van der Waals surface area contributed by atoms with Crippen molar-refractivity contribution in [2.24, 2.45) is 0 Å². The molecule has 0 unspecified atom stereocenters. The zero-order valence-corrected chi connectivity index (χ0v) is 10.8. The molecular formula is C12H10BrN3O. The lowest BCUT2D eigenvalue weighted by molar-refractivity contribution is -0.112. The Morgan fingerprint density at radius 1 is 1.35 bits per heavy atom. The fourth-order valence-electron chi connectivity index (χ4n) is 1.25. The number of rotatable bonds is 3. The molecule has 0 bridgehead atoms. The van der Waals surface area contributed by atoms with Gasteiger partial charge in [0, 0.05) is 4.47 Å². The number of nitrogens with zero attached hydrogens (tertiary/aromatic N) is 3. The highest BCUT2D eigenvalue weighted by Gasteiger charge is 2.00. The lowest BCUT2D eigenvalue weighted by Crippen LogP contribution is -1.98. The van der Waals surface area contributed by atoms with Gasteiger partial charge in [-0.3, -0.25) is 4.79 Å². The lowest BCUT2D eigenvalue weighted by Gasteiger charge is -1.98. The number of allylic oxidation sites excluding steroid dienone is 1. The van der Waals surface area contributed by atoms with Gasteiger partial charge in [-0.15, -0.1) is 5.10 Å². The summed E-state index contributed by atoms with van der Waals surface area (Å²) in [5.41, 5.74) is 1.53. The van der Waals surface area contributed by atoms with Crippen molar-refractivity contribution < 1.29 is 4.79 Å². The summed E-state index contributed by atoms with van der Waals surface area (Å²) in [7, 11) is 0. The van der Waals surface area contributed by atoms with E-state index in [0.717, 1.165) is 10.2 Å². The van der Waals surface area contributed by atoms with E-state index in [1.54, 1.807) is 12.3 Å². The third-order valence-corrected chi connectivity index (χ3v) is 2.58. The van der Waals surface area contributed by atoms with Crippen molar-refractivity contribution in [1.29, 1.82) is 0 Å². The van der Waals surface area contributed by atoms with Crippen molar-refractivity contribution in [2.75, 3.05) is 0 Å². The van der Waals surface area contributed by atoms with E-state index in [1.807, 2.05) is 24.3 Å². The van der Waals surface area contributed by atoms with Gasteiger partial charge in [0.1, 0.15) is 5.69 Å². The summed E-state index contributed by atoms with van der Waals surface area (Å²) in [4.78, 5) is 12.3. The number of benzene rings is 1. The third kappa shape index (κ3) is 3.10. The van der Waals surface area contributed by atoms with Crippen LogP contribution in [0.25, 0.3) is 11.8 Å². The summed E-state index contributed by atoms with van der Waals surface area (Å²) in [6.45, 7) is 1.50. The molecule has 4 nitrogen and oxygen atoms in total. The second-order valence-electron chi connectivity index (χ2n) is 3.48. The van der Waals surface area contributed by atoms with E-state index in [1.165, 1.54) is 17.8 Å². The summed E-state index contributed by atoms with van der Waals surface area (Å²) >= 11 is 3.37. The monoisotopic (exact) mass is 291 g/mol. The van der Waals surface area contributed by atoms with Crippen LogP contribution in [0, 0.1) is 0 Å². The fourth-order valence-corrected chi connectivity index (χ4v) is 1.52. The molecule has 86 valence electrons. The summed E-state index contributed by atoms with van der Waals surface area (Å²) in [5, 5.41) is 8.36. The standard InChI is InChI=1S/C12H10BrN3O/c1-9(17)2-5-11-8-14-16(15-11)12-6-3-10(13)4-7-12/h2-8H,1H3/b5-2+. The second-order valence-corrected chi connectivity index (χ2v) is 4.39. The van der Waals surface area contributed by atoms with Crippen LogP contribution in [-0.2, 0) is 4.79 Å². The van der Waals surface area contributed by atoms with Gasteiger partial charge in [-0.25, -0.2) is 0 Å². The smallest absolute Gasteiger partial charge is 0.152 e. The molecule has 0 amide bonds. The highest BCUT2D eigenvalue weighted by atomic mass is 79.9. The number of hydrogen-bond donors (Lipinski definition) is 0. The van der Waals surface area contributed by atoms with Crippen LogP contribution in [-0.4, -0.2) is 20.8 Å². The molecule has 0 saturated heterocycles. The number of ketones is 1. The molecule has 0 atom stereocenters. The third-order valence-electron chi connectivity index (χ3n) is 2.06. The first-order valence-electron chi connectivity index (χ1n) is 5.02. The molecule has 2 rings (SSSR count). The molecule has 0 fully saturated rings. The predicted molar refractivity (Wildman–Crippen MR) is 68.8 cm³/mol. The van der Waals surface area contributed by atoms with E-state index < -0.39 is 0 Å². The van der Waals surface area contributed by atoms with Crippen LogP contribution >= 0.6 is 15.9 Å². The van der Waals surface area contributed by atoms with Gasteiger partial charge in [-0.1, -0.05) is 15.9 Å². The van der Waals surface area contributed by atoms with Gasteiger partial charge in [0.15, 0.2) is 5.78 Å². The Labute approximate surface area is 107 Å². The number of halogens is 1. The molecule has 1 aromatic carbocycles. The average Bonchev–Trinajstić information content (AvgIpc) is 2.76. The van der Waals surface area contributed by atoms with Gasteiger partial charge in [0.2, 0.25) is 0 Å². The molecular weight excluding hydrogens is 282 g/mol. The molecule has 0 radical (unpaired) electrons. The Balaban J connectivity index is 2.23. The van der Waals surface area contributed by atoms with Crippen molar-refractivity contribution in [3.05, 3.63) is 46.7 Å². The van der Waals surface area contributed by atoms with Gasteiger partial charge in [0.05, 0.1) is 11.9 Å². The summed E-state index contributed by atoms with van der Waals surface area (Å²) in [5.74, 6) is -0.0109. The Kier molecular flexibility index (Phi) is 3.49. The van der Waals surface area contributed by atoms with Crippen LogP contribution in [0.15, 0.2) is 41.0 Å². The van der Waals surface area contributed by atoms with Crippen molar-refractivity contribution in [1.82, 2.24) is 15.0 Å². The molecule has 0 spiro atoms. The molecule has 5 heteroatoms. The highest BCUT2D eigenvalue weighted by Crippen LogP contribution is 2.12. The quantitative estimate of drug-likeness (QED) is 0.817. The Morgan fingerprint density at radius 2 is 2.06 bits per heavy atom. The molecule has 2 aromatic rings. The Bertz CT molecular complexity index is 557. The Hall–Kier alpha value is -1.75. The topological polar surface area (TPSA) is 47.8 Å². The minimum Gasteiger partial charge on any atom is -0.295 e. The number of carbonyl (C=O) groups excluding carboxylic acids is 1. The zero-order chi connectivity index (χ0) is 12.3. The second kappa shape index (κ2) is 5.05. The van der Waals surface area contributed by atoms with Crippen LogP contribution in [0.1, 0.15) is 12.6 Å². The molecule has 17 heavy (non-hydrogen) atoms. The molecule has 0 aliphatic heterocycles. The summed E-state index contributed by atoms with van der Waals surface area (Å²) < 4.78 is 1.00. The van der Waals surface area contributed by atoms with Gasteiger partial charge >= 0.3 is 0 Å². The highest BCUT2D eigenvalue weighted by molar-refractivity contribution is 9.10. The first-order valence-corrected chi connectivity index (χ1v) is 5.81. The minimum absolute atomic E-state index is 0.0109. The van der Waals surface area contributed by atoms with Crippen molar-refractivity contribution >= 4 is 27.8 Å². The van der Waals surface area contributed by atoms with E-state index in [4.69, 9.17) is 0 Å². The first-order chi connectivity index (χ1) is 8.15. The zero-order valence-electron chi connectivity index (χ0n) is 9.17. The maximum Gasteiger partial charge on any atom is 0.152 e. The molecule has 0 aliphatic rings. The van der Waals surface area contributed by atoms with E-state index >= 15 is 0 Å². The number of carbonyl (C=O) groups is 1. The summed E-state index contributed by atoms with van der Waals surface area (Å²) in [6, 6.07) is 7.65. The number of hydrogen-bond acceptors (Lipinski definition) is 3. The van der Waals surface area contributed by atoms with Gasteiger partial charge in [0.25, 0.3) is 0 Å². The van der Waals surface area contributed by atoms with E-state index in [2.05, 4.69) is 26.1 Å². The van der Waals surface area contributed by atoms with E-state index in [9.17, 15) is 4.79 Å². The van der Waals surface area contributed by atoms with Gasteiger partial charge in [-0.2, -0.15) is 9.90 Å². The van der Waals surface area contributed by atoms with Crippen LogP contribution in [0.2, 0.25) is 0 Å². The average molecular weight is 292 g/mol. The Morgan fingerprint density at radius 3 is 2.71 bits per heavy atom. The van der Waals surface area contributed by atoms with Crippen molar-refractivity contribution in [3.8, 4) is 5.69 Å². The van der Waals surface area contributed by atoms with Crippen LogP contribution in [0.3, 0.4) is 0 Å². The van der Waals surface area contributed by atoms with Crippen molar-refractivity contribution in [2.45, 2.75) is 6.92 Å². The minimum atomic E-state index is -0.0109. The van der Waals surface area contributed by atoms with Gasteiger partial charge in [-0.05, 0) is 43.3 Å². The molecule has 1 heterocycles. The van der Waals surface area contributed by atoms with E-state index in [-0.39, 0.29) is 5.78 Å². The van der Waals surface area contributed by atoms with Gasteiger partial charge < -0.3 is 0 Å². The SMILES string of the molecule is CC(=O)/C=C/c1cnn(-c2ccc(Br)cc2)n1. The normalized spacial score (nSPS) is 10.9. The first kappa shape index (κ1) is 11.7. The van der Waals surface area contributed by atoms with Crippen LogP contribution in [0.5, 0.6) is 0 Å². The van der Waals surface area contributed by atoms with Crippen LogP contribution < -0.4 is 0 Å². The molecule has 0 aliphatic carbocycles. The largest absolute Gasteiger partial charge is 0.295 e. The summed E-state index contributed by atoms with van der Waals surface area (Å²) in [6.07, 6.45) is 4.72. The molecule has 1 aromatic heterocycles. The number of aromatic nitrogens is 3. The maximum atomic E-state index is 10.8. The maximum absolute atomic E-state index is 10.8. The van der Waals surface area contributed by atoms with E-state index in [0.29, 0.717) is 5.69 Å². The fraction of sp³-hybridized carbons (Fsp3) is 0.0833. The predicted octanol–water partition coefficient (Wildman–Crippen LogP) is 2.63. The molecule has 0 N–H and O–H groups in total. The van der Waals surface area contributed by atoms with Crippen LogP contribution in [0.4, 0.5) is 0 Å².